The molecule has 2 N–H and O–H groups in total. The van der Waals surface area contributed by atoms with Crippen LogP contribution in [0.15, 0.2) is 48.5 Å². The van der Waals surface area contributed by atoms with E-state index in [1.165, 1.54) is 6.92 Å². The summed E-state index contributed by atoms with van der Waals surface area (Å²) in [5.41, 5.74) is 2.85. The average molecular weight is 368 g/mol. The number of benzene rings is 2. The molecule has 0 aromatic heterocycles. The van der Waals surface area contributed by atoms with E-state index in [0.29, 0.717) is 31.0 Å². The minimum Gasteiger partial charge on any atom is -0.487 e. The molecule has 0 unspecified atom stereocenters. The van der Waals surface area contributed by atoms with Crippen LogP contribution >= 0.6 is 0 Å². The lowest BCUT2D eigenvalue weighted by Crippen LogP contribution is -2.20. The molecule has 5 nitrogen and oxygen atoms in total. The summed E-state index contributed by atoms with van der Waals surface area (Å²) < 4.78 is 5.93. The van der Waals surface area contributed by atoms with Crippen molar-refractivity contribution in [1.29, 1.82) is 0 Å². The van der Waals surface area contributed by atoms with Crippen molar-refractivity contribution in [1.82, 2.24) is 5.32 Å². The van der Waals surface area contributed by atoms with Gasteiger partial charge in [0.1, 0.15) is 12.4 Å². The standard InChI is InChI=1S/C22H28N2O3/c1-17-12-13-20(21(15-17)27-16-19-9-5-3-6-10-19)24-22(26)11-7-4-8-14-23-18(2)25/h3,5-6,9-10,12-13,15H,4,7-8,11,14,16H2,1-2H3,(H,23,25)(H,24,26). The second-order valence-corrected chi connectivity index (χ2v) is 6.62. The Kier molecular flexibility index (Phi) is 8.36. The zero-order chi connectivity index (χ0) is 19.5. The number of carbonyl (C=O) groups excluding carboxylic acids is 2. The lowest BCUT2D eigenvalue weighted by molar-refractivity contribution is -0.119. The fourth-order valence-electron chi connectivity index (χ4n) is 2.65. The van der Waals surface area contributed by atoms with Crippen LogP contribution in [0.1, 0.15) is 43.7 Å². The van der Waals surface area contributed by atoms with Crippen LogP contribution in [0.25, 0.3) is 0 Å². The summed E-state index contributed by atoms with van der Waals surface area (Å²) >= 11 is 0. The van der Waals surface area contributed by atoms with E-state index in [2.05, 4.69) is 10.6 Å². The van der Waals surface area contributed by atoms with Crippen LogP contribution in [0.4, 0.5) is 5.69 Å². The maximum atomic E-state index is 12.2. The molecule has 2 rings (SSSR count). The monoisotopic (exact) mass is 368 g/mol. The molecule has 0 atom stereocenters. The number of ether oxygens (including phenoxy) is 1. The first-order valence-electron chi connectivity index (χ1n) is 9.36. The molecular weight excluding hydrogens is 340 g/mol. The van der Waals surface area contributed by atoms with Crippen molar-refractivity contribution in [2.24, 2.45) is 0 Å². The molecule has 0 aliphatic heterocycles. The summed E-state index contributed by atoms with van der Waals surface area (Å²) in [4.78, 5) is 23.0. The Balaban J connectivity index is 1.82. The molecule has 0 heterocycles. The number of unbranched alkanes of at least 4 members (excludes halogenated alkanes) is 2. The van der Waals surface area contributed by atoms with Crippen LogP contribution in [0.2, 0.25) is 0 Å². The van der Waals surface area contributed by atoms with Crippen molar-refractivity contribution >= 4 is 17.5 Å². The smallest absolute Gasteiger partial charge is 0.224 e. The van der Waals surface area contributed by atoms with Crippen molar-refractivity contribution in [3.05, 3.63) is 59.7 Å². The molecule has 0 aliphatic carbocycles. The molecule has 0 bridgehead atoms. The molecule has 2 amide bonds. The zero-order valence-electron chi connectivity index (χ0n) is 16.1. The Morgan fingerprint density at radius 3 is 2.52 bits per heavy atom. The minimum absolute atomic E-state index is 0.0184. The maximum absolute atomic E-state index is 12.2. The number of hydrogen-bond donors (Lipinski definition) is 2. The third kappa shape index (κ3) is 7.94. The normalized spacial score (nSPS) is 10.3. The molecular formula is C22H28N2O3. The lowest BCUT2D eigenvalue weighted by Gasteiger charge is -2.13. The van der Waals surface area contributed by atoms with Crippen LogP contribution in [-0.2, 0) is 16.2 Å². The largest absolute Gasteiger partial charge is 0.487 e. The van der Waals surface area contributed by atoms with Crippen LogP contribution in [0.5, 0.6) is 5.75 Å². The highest BCUT2D eigenvalue weighted by atomic mass is 16.5. The summed E-state index contributed by atoms with van der Waals surface area (Å²) in [7, 11) is 0. The molecule has 0 radical (unpaired) electrons. The number of rotatable bonds is 10. The molecule has 0 aliphatic rings. The van der Waals surface area contributed by atoms with Crippen LogP contribution in [-0.4, -0.2) is 18.4 Å². The first-order valence-corrected chi connectivity index (χ1v) is 9.36. The molecule has 27 heavy (non-hydrogen) atoms. The zero-order valence-corrected chi connectivity index (χ0v) is 16.1. The van der Waals surface area contributed by atoms with E-state index in [1.807, 2.05) is 55.5 Å². The van der Waals surface area contributed by atoms with Crippen LogP contribution in [0.3, 0.4) is 0 Å². The number of hydrogen-bond acceptors (Lipinski definition) is 3. The summed E-state index contributed by atoms with van der Waals surface area (Å²) in [6.07, 6.45) is 3.02. The van der Waals surface area contributed by atoms with Crippen LogP contribution in [0, 0.1) is 6.92 Å². The van der Waals surface area contributed by atoms with Crippen molar-refractivity contribution in [3.8, 4) is 5.75 Å². The first-order chi connectivity index (χ1) is 13.0. The molecule has 5 heteroatoms. The molecule has 0 saturated carbocycles. The van der Waals surface area contributed by atoms with Gasteiger partial charge in [0, 0.05) is 19.9 Å². The van der Waals surface area contributed by atoms with Gasteiger partial charge in [0.05, 0.1) is 5.69 Å². The Hall–Kier alpha value is -2.82. The number of amides is 2. The van der Waals surface area contributed by atoms with Crippen molar-refractivity contribution in [2.45, 2.75) is 46.1 Å². The highest BCUT2D eigenvalue weighted by Gasteiger charge is 2.09. The molecule has 0 fully saturated rings. The van der Waals surface area contributed by atoms with Crippen molar-refractivity contribution in [2.75, 3.05) is 11.9 Å². The maximum Gasteiger partial charge on any atom is 0.224 e. The van der Waals surface area contributed by atoms with Gasteiger partial charge in [-0.25, -0.2) is 0 Å². The fourth-order valence-corrected chi connectivity index (χ4v) is 2.65. The van der Waals surface area contributed by atoms with Gasteiger partial charge in [-0.3, -0.25) is 9.59 Å². The predicted molar refractivity (Wildman–Crippen MR) is 108 cm³/mol. The highest BCUT2D eigenvalue weighted by molar-refractivity contribution is 5.92. The lowest BCUT2D eigenvalue weighted by atomic mass is 10.1. The molecule has 0 saturated heterocycles. The number of aryl methyl sites for hydroxylation is 1. The van der Waals surface area contributed by atoms with Crippen molar-refractivity contribution in [3.63, 3.8) is 0 Å². The van der Waals surface area contributed by atoms with E-state index in [1.54, 1.807) is 0 Å². The van der Waals surface area contributed by atoms with E-state index < -0.39 is 0 Å². The van der Waals surface area contributed by atoms with E-state index in [0.717, 1.165) is 30.4 Å². The SMILES string of the molecule is CC(=O)NCCCCCC(=O)Nc1ccc(C)cc1OCc1ccccc1. The van der Waals surface area contributed by atoms with E-state index >= 15 is 0 Å². The Bertz CT molecular complexity index is 744. The van der Waals surface area contributed by atoms with Gasteiger partial charge in [-0.05, 0) is 43.0 Å². The number of carbonyl (C=O) groups is 2. The highest BCUT2D eigenvalue weighted by Crippen LogP contribution is 2.27. The Morgan fingerprint density at radius 2 is 1.78 bits per heavy atom. The first kappa shape index (κ1) is 20.5. The van der Waals surface area contributed by atoms with Gasteiger partial charge in [-0.1, -0.05) is 42.8 Å². The fraction of sp³-hybridized carbons (Fsp3) is 0.364. The Morgan fingerprint density at radius 1 is 1.00 bits per heavy atom. The third-order valence-corrected chi connectivity index (χ3v) is 4.10. The quantitative estimate of drug-likeness (QED) is 0.617. The van der Waals surface area contributed by atoms with Gasteiger partial charge in [0.15, 0.2) is 0 Å². The molecule has 2 aromatic rings. The molecule has 2 aromatic carbocycles. The van der Waals surface area contributed by atoms with Gasteiger partial charge in [0.25, 0.3) is 0 Å². The van der Waals surface area contributed by atoms with Crippen LogP contribution < -0.4 is 15.4 Å². The summed E-state index contributed by atoms with van der Waals surface area (Å²) in [6.45, 7) is 4.62. The second kappa shape index (κ2) is 11.0. The van der Waals surface area contributed by atoms with Gasteiger partial charge in [-0.2, -0.15) is 0 Å². The minimum atomic E-state index is -0.0251. The topological polar surface area (TPSA) is 67.4 Å². The summed E-state index contributed by atoms with van der Waals surface area (Å²) in [6, 6.07) is 15.7. The van der Waals surface area contributed by atoms with Gasteiger partial charge < -0.3 is 15.4 Å². The second-order valence-electron chi connectivity index (χ2n) is 6.62. The van der Waals surface area contributed by atoms with E-state index in [4.69, 9.17) is 4.74 Å². The van der Waals surface area contributed by atoms with Gasteiger partial charge in [-0.15, -0.1) is 0 Å². The summed E-state index contributed by atoms with van der Waals surface area (Å²) in [5.74, 6) is 0.635. The summed E-state index contributed by atoms with van der Waals surface area (Å²) in [5, 5.41) is 5.71. The van der Waals surface area contributed by atoms with Crippen molar-refractivity contribution < 1.29 is 14.3 Å². The predicted octanol–water partition coefficient (Wildman–Crippen LogP) is 4.21. The van der Waals surface area contributed by atoms with E-state index in [-0.39, 0.29) is 11.8 Å². The van der Waals surface area contributed by atoms with Gasteiger partial charge >= 0.3 is 0 Å². The average Bonchev–Trinajstić information content (AvgIpc) is 2.65. The Labute approximate surface area is 161 Å². The molecule has 144 valence electrons. The van der Waals surface area contributed by atoms with Gasteiger partial charge in [0.2, 0.25) is 11.8 Å². The number of anilines is 1. The number of nitrogens with one attached hydrogen (secondary N) is 2. The van der Waals surface area contributed by atoms with E-state index in [9.17, 15) is 9.59 Å². The third-order valence-electron chi connectivity index (χ3n) is 4.10. The molecule has 0 spiro atoms.